The fourth-order valence-corrected chi connectivity index (χ4v) is 2.18. The third kappa shape index (κ3) is 3.91. The van der Waals surface area contributed by atoms with Crippen molar-refractivity contribution in [1.29, 1.82) is 0 Å². The van der Waals surface area contributed by atoms with E-state index < -0.39 is 6.36 Å². The Morgan fingerprint density at radius 3 is 2.41 bits per heavy atom. The van der Waals surface area contributed by atoms with E-state index in [1.54, 1.807) is 24.3 Å². The van der Waals surface area contributed by atoms with E-state index in [2.05, 4.69) is 11.3 Å². The lowest BCUT2D eigenvalue weighted by Gasteiger charge is -2.15. The average Bonchev–Trinajstić information content (AvgIpc) is 2.46. The molecule has 0 aliphatic heterocycles. The maximum atomic E-state index is 12.6. The van der Waals surface area contributed by atoms with Gasteiger partial charge < -0.3 is 4.74 Å². The van der Waals surface area contributed by atoms with Crippen molar-refractivity contribution in [2.45, 2.75) is 26.1 Å². The van der Waals surface area contributed by atoms with Crippen molar-refractivity contribution in [2.24, 2.45) is 0 Å². The first-order chi connectivity index (χ1) is 10.3. The molecular weight excluding hydrogens is 289 g/mol. The number of halogens is 3. The van der Waals surface area contributed by atoms with E-state index in [0.29, 0.717) is 11.1 Å². The van der Waals surface area contributed by atoms with Gasteiger partial charge in [-0.3, -0.25) is 0 Å². The van der Waals surface area contributed by atoms with Crippen LogP contribution >= 0.6 is 0 Å². The van der Waals surface area contributed by atoms with Crippen LogP contribution < -0.4 is 4.74 Å². The molecule has 0 aliphatic carbocycles. The molecule has 22 heavy (non-hydrogen) atoms. The van der Waals surface area contributed by atoms with Crippen molar-refractivity contribution in [3.05, 3.63) is 60.2 Å². The van der Waals surface area contributed by atoms with Crippen molar-refractivity contribution >= 4 is 6.08 Å². The fraction of sp³-hybridized carbons (Fsp3) is 0.222. The summed E-state index contributed by atoms with van der Waals surface area (Å²) in [7, 11) is 0. The van der Waals surface area contributed by atoms with Gasteiger partial charge in [-0.25, -0.2) is 0 Å². The number of hydrogen-bond donors (Lipinski definition) is 0. The second-order valence-corrected chi connectivity index (χ2v) is 5.29. The molecule has 0 saturated heterocycles. The first kappa shape index (κ1) is 16.1. The van der Waals surface area contributed by atoms with E-state index in [1.807, 2.05) is 32.0 Å². The highest BCUT2D eigenvalue weighted by Gasteiger charge is 2.32. The highest BCUT2D eigenvalue weighted by molar-refractivity contribution is 5.74. The van der Waals surface area contributed by atoms with Gasteiger partial charge in [-0.15, -0.1) is 13.2 Å². The van der Waals surface area contributed by atoms with Crippen LogP contribution in [0.4, 0.5) is 13.2 Å². The number of ether oxygens (including phenoxy) is 1. The highest BCUT2D eigenvalue weighted by atomic mass is 19.4. The molecule has 0 N–H and O–H groups in total. The second-order valence-electron chi connectivity index (χ2n) is 5.29. The van der Waals surface area contributed by atoms with Crippen molar-refractivity contribution in [3.8, 4) is 16.9 Å². The minimum Gasteiger partial charge on any atom is -0.405 e. The monoisotopic (exact) mass is 306 g/mol. The van der Waals surface area contributed by atoms with Crippen LogP contribution in [-0.4, -0.2) is 6.36 Å². The fourth-order valence-electron chi connectivity index (χ4n) is 2.18. The van der Waals surface area contributed by atoms with Crippen LogP contribution in [0.15, 0.2) is 49.0 Å². The Labute approximate surface area is 128 Å². The van der Waals surface area contributed by atoms with Gasteiger partial charge in [-0.1, -0.05) is 56.8 Å². The Bertz CT molecular complexity index is 672. The Morgan fingerprint density at radius 2 is 1.82 bits per heavy atom. The van der Waals surface area contributed by atoms with Gasteiger partial charge in [0, 0.05) is 5.56 Å². The van der Waals surface area contributed by atoms with Crippen LogP contribution in [0.3, 0.4) is 0 Å². The Hall–Kier alpha value is -2.23. The van der Waals surface area contributed by atoms with Gasteiger partial charge in [-0.05, 0) is 34.7 Å². The summed E-state index contributed by atoms with van der Waals surface area (Å²) in [5, 5.41) is 0. The lowest BCUT2D eigenvalue weighted by molar-refractivity contribution is -0.274. The standard InChI is InChI=1S/C18H17F3O/c1-4-13-8-9-17(22-18(19,20)21)16(10-13)15-7-5-6-14(11-15)12(2)3/h4-12H,1H2,2-3H3. The SMILES string of the molecule is C=Cc1ccc(OC(F)(F)F)c(-c2cccc(C(C)C)c2)c1. The molecule has 1 nitrogen and oxygen atoms in total. The Morgan fingerprint density at radius 1 is 1.09 bits per heavy atom. The quantitative estimate of drug-likeness (QED) is 0.671. The van der Waals surface area contributed by atoms with Crippen LogP contribution in [0.5, 0.6) is 5.75 Å². The van der Waals surface area contributed by atoms with E-state index >= 15 is 0 Å². The summed E-state index contributed by atoms with van der Waals surface area (Å²) in [5.74, 6) is 0.0773. The van der Waals surface area contributed by atoms with E-state index in [-0.39, 0.29) is 11.7 Å². The maximum Gasteiger partial charge on any atom is 0.573 e. The topological polar surface area (TPSA) is 9.23 Å². The highest BCUT2D eigenvalue weighted by Crippen LogP contribution is 2.36. The largest absolute Gasteiger partial charge is 0.573 e. The zero-order valence-electron chi connectivity index (χ0n) is 12.4. The zero-order chi connectivity index (χ0) is 16.3. The Kier molecular flexibility index (Phi) is 4.59. The molecule has 0 atom stereocenters. The van der Waals surface area contributed by atoms with Crippen LogP contribution in [0.2, 0.25) is 0 Å². The molecule has 4 heteroatoms. The summed E-state index contributed by atoms with van der Waals surface area (Å²) in [6.07, 6.45) is -3.13. The summed E-state index contributed by atoms with van der Waals surface area (Å²) in [6, 6.07) is 12.0. The molecule has 0 radical (unpaired) electrons. The molecule has 0 fully saturated rings. The smallest absolute Gasteiger partial charge is 0.405 e. The van der Waals surface area contributed by atoms with Gasteiger partial charge >= 0.3 is 6.36 Å². The summed E-state index contributed by atoms with van der Waals surface area (Å²) in [6.45, 7) is 7.72. The molecule has 0 saturated carbocycles. The van der Waals surface area contributed by atoms with Gasteiger partial charge in [-0.2, -0.15) is 0 Å². The van der Waals surface area contributed by atoms with Crippen LogP contribution in [0, 0.1) is 0 Å². The molecule has 2 rings (SSSR count). The van der Waals surface area contributed by atoms with E-state index in [1.165, 1.54) is 6.07 Å². The van der Waals surface area contributed by atoms with Gasteiger partial charge in [0.2, 0.25) is 0 Å². The first-order valence-electron chi connectivity index (χ1n) is 6.92. The molecule has 0 bridgehead atoms. The normalized spacial score (nSPS) is 11.5. The van der Waals surface area contributed by atoms with E-state index in [0.717, 1.165) is 11.1 Å². The molecule has 2 aromatic carbocycles. The molecule has 0 unspecified atom stereocenters. The van der Waals surface area contributed by atoms with E-state index in [9.17, 15) is 13.2 Å². The van der Waals surface area contributed by atoms with Crippen LogP contribution in [-0.2, 0) is 0 Å². The maximum absolute atomic E-state index is 12.6. The van der Waals surface area contributed by atoms with Crippen molar-refractivity contribution in [3.63, 3.8) is 0 Å². The molecular formula is C18H17F3O. The molecule has 2 aromatic rings. The predicted octanol–water partition coefficient (Wildman–Crippen LogP) is 6.02. The second kappa shape index (κ2) is 6.26. The number of benzene rings is 2. The molecule has 0 aromatic heterocycles. The lowest BCUT2D eigenvalue weighted by Crippen LogP contribution is -2.17. The Balaban J connectivity index is 2.56. The summed E-state index contributed by atoms with van der Waals surface area (Å²) < 4.78 is 41.9. The van der Waals surface area contributed by atoms with Gasteiger partial charge in [0.25, 0.3) is 0 Å². The van der Waals surface area contributed by atoms with Gasteiger partial charge in [0.05, 0.1) is 0 Å². The van der Waals surface area contributed by atoms with Crippen LogP contribution in [0.1, 0.15) is 30.9 Å². The minimum absolute atomic E-state index is 0.209. The van der Waals surface area contributed by atoms with Crippen molar-refractivity contribution < 1.29 is 17.9 Å². The molecule has 116 valence electrons. The third-order valence-electron chi connectivity index (χ3n) is 3.33. The zero-order valence-corrected chi connectivity index (χ0v) is 12.4. The third-order valence-corrected chi connectivity index (χ3v) is 3.33. The molecule has 0 aliphatic rings. The van der Waals surface area contributed by atoms with Crippen molar-refractivity contribution in [1.82, 2.24) is 0 Å². The summed E-state index contributed by atoms with van der Waals surface area (Å²) in [4.78, 5) is 0. The summed E-state index contributed by atoms with van der Waals surface area (Å²) >= 11 is 0. The van der Waals surface area contributed by atoms with E-state index in [4.69, 9.17) is 0 Å². The number of alkyl halides is 3. The predicted molar refractivity (Wildman–Crippen MR) is 82.7 cm³/mol. The van der Waals surface area contributed by atoms with Gasteiger partial charge in [0.1, 0.15) is 5.75 Å². The minimum atomic E-state index is -4.72. The molecule has 0 spiro atoms. The number of rotatable bonds is 4. The lowest BCUT2D eigenvalue weighted by atomic mass is 9.96. The summed E-state index contributed by atoms with van der Waals surface area (Å²) in [5.41, 5.74) is 2.88. The van der Waals surface area contributed by atoms with Crippen molar-refractivity contribution in [2.75, 3.05) is 0 Å². The molecule has 0 amide bonds. The van der Waals surface area contributed by atoms with Gasteiger partial charge in [0.15, 0.2) is 0 Å². The first-order valence-corrected chi connectivity index (χ1v) is 6.92. The average molecular weight is 306 g/mol. The van der Waals surface area contributed by atoms with Crippen LogP contribution in [0.25, 0.3) is 17.2 Å². The number of hydrogen-bond acceptors (Lipinski definition) is 1. The molecule has 0 heterocycles.